The van der Waals surface area contributed by atoms with Crippen LogP contribution in [0.15, 0.2) is 46.9 Å². The van der Waals surface area contributed by atoms with Crippen molar-refractivity contribution < 1.29 is 14.7 Å². The Morgan fingerprint density at radius 1 is 1.19 bits per heavy atom. The van der Waals surface area contributed by atoms with Gasteiger partial charge in [0.15, 0.2) is 0 Å². The lowest BCUT2D eigenvalue weighted by atomic mass is 10.1. The highest BCUT2D eigenvalue weighted by Gasteiger charge is 2.19. The van der Waals surface area contributed by atoms with Crippen molar-refractivity contribution in [1.82, 2.24) is 0 Å². The molecule has 0 saturated heterocycles. The Morgan fingerprint density at radius 3 is 2.48 bits per heavy atom. The van der Waals surface area contributed by atoms with Gasteiger partial charge in [-0.15, -0.1) is 0 Å². The highest BCUT2D eigenvalue weighted by Crippen LogP contribution is 2.24. The van der Waals surface area contributed by atoms with Gasteiger partial charge in [0.2, 0.25) is 0 Å². The topological polar surface area (TPSA) is 57.6 Å². The highest BCUT2D eigenvalue weighted by molar-refractivity contribution is 9.10. The van der Waals surface area contributed by atoms with Gasteiger partial charge in [0.05, 0.1) is 11.3 Å². The van der Waals surface area contributed by atoms with E-state index in [4.69, 9.17) is 11.6 Å². The Labute approximate surface area is 135 Å². The number of aromatic carboxylic acids is 1. The van der Waals surface area contributed by atoms with Crippen molar-refractivity contribution in [2.45, 2.75) is 0 Å². The molecule has 0 spiro atoms. The summed E-state index contributed by atoms with van der Waals surface area (Å²) < 4.78 is 0.679. The number of carbonyl (C=O) groups excluding carboxylic acids is 1. The Bertz CT molecular complexity index is 698. The number of hydrogen-bond acceptors (Lipinski definition) is 2. The monoisotopic (exact) mass is 367 g/mol. The number of carbonyl (C=O) groups is 2. The molecule has 0 heterocycles. The van der Waals surface area contributed by atoms with E-state index in [1.165, 1.54) is 24.1 Å². The molecule has 0 radical (unpaired) electrons. The van der Waals surface area contributed by atoms with E-state index in [1.54, 1.807) is 30.3 Å². The molecule has 0 fully saturated rings. The van der Waals surface area contributed by atoms with Crippen LogP contribution in [0.3, 0.4) is 0 Å². The Balaban J connectivity index is 2.42. The molecule has 1 N–H and O–H groups in total. The van der Waals surface area contributed by atoms with Crippen LogP contribution in [0.4, 0.5) is 5.69 Å². The second-order valence-electron chi connectivity index (χ2n) is 4.34. The molecule has 0 aromatic heterocycles. The number of rotatable bonds is 3. The summed E-state index contributed by atoms with van der Waals surface area (Å²) in [6.07, 6.45) is 0. The quantitative estimate of drug-likeness (QED) is 0.888. The van der Waals surface area contributed by atoms with E-state index in [9.17, 15) is 14.7 Å². The van der Waals surface area contributed by atoms with Crippen molar-refractivity contribution in [1.29, 1.82) is 0 Å². The van der Waals surface area contributed by atoms with Crippen molar-refractivity contribution in [3.8, 4) is 0 Å². The summed E-state index contributed by atoms with van der Waals surface area (Å²) in [5, 5.41) is 9.61. The molecule has 0 saturated carbocycles. The normalized spacial score (nSPS) is 10.2. The molecule has 0 atom stereocenters. The maximum absolute atomic E-state index is 12.5. The van der Waals surface area contributed by atoms with Gasteiger partial charge >= 0.3 is 5.97 Å². The third kappa shape index (κ3) is 3.43. The van der Waals surface area contributed by atoms with Crippen LogP contribution in [0.5, 0.6) is 0 Å². The second kappa shape index (κ2) is 6.28. The van der Waals surface area contributed by atoms with Gasteiger partial charge < -0.3 is 10.0 Å². The van der Waals surface area contributed by atoms with E-state index in [1.807, 2.05) is 0 Å². The molecule has 2 aromatic rings. The Kier molecular flexibility index (Phi) is 4.65. The largest absolute Gasteiger partial charge is 0.478 e. The number of benzene rings is 2. The summed E-state index contributed by atoms with van der Waals surface area (Å²) in [6, 6.07) is 11.2. The lowest BCUT2D eigenvalue weighted by Gasteiger charge is -2.19. The highest BCUT2D eigenvalue weighted by atomic mass is 79.9. The average Bonchev–Trinajstić information content (AvgIpc) is 2.44. The number of hydrogen-bond donors (Lipinski definition) is 1. The summed E-state index contributed by atoms with van der Waals surface area (Å²) in [5.41, 5.74) is 0.762. The molecule has 0 unspecified atom stereocenters. The second-order valence-corrected chi connectivity index (χ2v) is 5.70. The molecule has 0 aliphatic carbocycles. The first kappa shape index (κ1) is 15.5. The lowest BCUT2D eigenvalue weighted by Crippen LogP contribution is -2.27. The first-order valence-corrected chi connectivity index (χ1v) is 7.13. The maximum Gasteiger partial charge on any atom is 0.337 e. The summed E-state index contributed by atoms with van der Waals surface area (Å²) in [4.78, 5) is 25.0. The van der Waals surface area contributed by atoms with Gasteiger partial charge in [-0.2, -0.15) is 0 Å². The van der Waals surface area contributed by atoms with Crippen LogP contribution in [-0.2, 0) is 0 Å². The van der Waals surface area contributed by atoms with Gasteiger partial charge in [0, 0.05) is 22.1 Å². The van der Waals surface area contributed by atoms with Crippen LogP contribution in [0, 0.1) is 0 Å². The molecule has 0 aliphatic heterocycles. The zero-order chi connectivity index (χ0) is 15.6. The molecule has 1 amide bonds. The molecule has 0 aliphatic rings. The predicted molar refractivity (Wildman–Crippen MR) is 85.3 cm³/mol. The molecule has 21 heavy (non-hydrogen) atoms. The van der Waals surface area contributed by atoms with Gasteiger partial charge in [-0.25, -0.2) is 4.79 Å². The molecule has 0 bridgehead atoms. The fraction of sp³-hybridized carbons (Fsp3) is 0.0667. The maximum atomic E-state index is 12.5. The van der Waals surface area contributed by atoms with Crippen LogP contribution in [0.1, 0.15) is 20.7 Å². The van der Waals surface area contributed by atoms with Crippen LogP contribution in [0.25, 0.3) is 0 Å². The first-order chi connectivity index (χ1) is 9.90. The van der Waals surface area contributed by atoms with Crippen molar-refractivity contribution in [3.05, 3.63) is 63.1 Å². The molecular formula is C15H11BrClNO3. The fourth-order valence-electron chi connectivity index (χ4n) is 1.93. The molecule has 2 aromatic carbocycles. The Morgan fingerprint density at radius 2 is 1.86 bits per heavy atom. The minimum Gasteiger partial charge on any atom is -0.478 e. The van der Waals surface area contributed by atoms with Gasteiger partial charge in [-0.05, 0) is 30.3 Å². The van der Waals surface area contributed by atoms with E-state index in [2.05, 4.69) is 15.9 Å². The van der Waals surface area contributed by atoms with E-state index in [0.29, 0.717) is 20.7 Å². The molecule has 6 heteroatoms. The lowest BCUT2D eigenvalue weighted by molar-refractivity contribution is 0.0697. The number of carboxylic acids is 1. The van der Waals surface area contributed by atoms with Crippen LogP contribution in [0.2, 0.25) is 5.02 Å². The first-order valence-electron chi connectivity index (χ1n) is 5.96. The van der Waals surface area contributed by atoms with Crippen molar-refractivity contribution in [3.63, 3.8) is 0 Å². The van der Waals surface area contributed by atoms with Crippen LogP contribution < -0.4 is 4.90 Å². The predicted octanol–water partition coefficient (Wildman–Crippen LogP) is 4.08. The summed E-state index contributed by atoms with van der Waals surface area (Å²) >= 11 is 9.21. The van der Waals surface area contributed by atoms with E-state index < -0.39 is 5.97 Å². The fourth-order valence-corrected chi connectivity index (χ4v) is 2.79. The van der Waals surface area contributed by atoms with Gasteiger partial charge in [-0.1, -0.05) is 39.7 Å². The molecule has 2 rings (SSSR count). The minimum atomic E-state index is -1.09. The average molecular weight is 369 g/mol. The Hall–Kier alpha value is -1.85. The SMILES string of the molecule is CN(C(=O)c1cc(Cl)cc(Br)c1)c1ccccc1C(=O)O. The van der Waals surface area contributed by atoms with Crippen molar-refractivity contribution in [2.24, 2.45) is 0 Å². The van der Waals surface area contributed by atoms with Gasteiger partial charge in [-0.3, -0.25) is 4.79 Å². The van der Waals surface area contributed by atoms with Crippen molar-refractivity contribution >= 4 is 45.1 Å². The summed E-state index contributed by atoms with van der Waals surface area (Å²) in [5.74, 6) is -1.43. The van der Waals surface area contributed by atoms with Gasteiger partial charge in [0.1, 0.15) is 0 Å². The third-order valence-corrected chi connectivity index (χ3v) is 3.59. The number of nitrogens with zero attached hydrogens (tertiary/aromatic N) is 1. The molecule has 4 nitrogen and oxygen atoms in total. The number of para-hydroxylation sites is 1. The van der Waals surface area contributed by atoms with Crippen LogP contribution >= 0.6 is 27.5 Å². The summed E-state index contributed by atoms with van der Waals surface area (Å²) in [6.45, 7) is 0. The van der Waals surface area contributed by atoms with Gasteiger partial charge in [0.25, 0.3) is 5.91 Å². The van der Waals surface area contributed by atoms with E-state index in [0.717, 1.165) is 0 Å². The molecular weight excluding hydrogens is 358 g/mol. The number of carboxylic acid groups (broad SMARTS) is 1. The number of amides is 1. The van der Waals surface area contributed by atoms with Crippen LogP contribution in [-0.4, -0.2) is 24.0 Å². The standard InChI is InChI=1S/C15H11BrClNO3/c1-18(13-5-3-2-4-12(13)15(20)21)14(19)9-6-10(16)8-11(17)7-9/h2-8H,1H3,(H,20,21). The van der Waals surface area contributed by atoms with Crippen molar-refractivity contribution in [2.75, 3.05) is 11.9 Å². The third-order valence-electron chi connectivity index (χ3n) is 2.91. The smallest absolute Gasteiger partial charge is 0.337 e. The molecule has 108 valence electrons. The van der Waals surface area contributed by atoms with E-state index in [-0.39, 0.29) is 11.5 Å². The zero-order valence-corrected chi connectivity index (χ0v) is 13.4. The number of anilines is 1. The summed E-state index contributed by atoms with van der Waals surface area (Å²) in [7, 11) is 1.53. The zero-order valence-electron chi connectivity index (χ0n) is 11.0. The minimum absolute atomic E-state index is 0.0643. The van der Waals surface area contributed by atoms with E-state index >= 15 is 0 Å². The number of halogens is 2.